The van der Waals surface area contributed by atoms with Crippen LogP contribution in [-0.4, -0.2) is 34.6 Å². The molecular weight excluding hydrogens is 450 g/mol. The Balaban J connectivity index is 2.36. The molecule has 2 rings (SSSR count). The second-order valence-electron chi connectivity index (χ2n) is 6.03. The van der Waals surface area contributed by atoms with Gasteiger partial charge in [-0.15, -0.1) is 0 Å². The minimum atomic E-state index is -3.89. The molecule has 150 valence electrons. The van der Waals surface area contributed by atoms with Gasteiger partial charge < -0.3 is 9.47 Å². The maximum atomic E-state index is 12.8. The highest BCUT2D eigenvalue weighted by Gasteiger charge is 2.22. The predicted molar refractivity (Wildman–Crippen MR) is 109 cm³/mol. The van der Waals surface area contributed by atoms with E-state index in [1.54, 1.807) is 30.3 Å². The number of hydrogen-bond acceptors (Lipinski definition) is 6. The van der Waals surface area contributed by atoms with Gasteiger partial charge in [0.1, 0.15) is 0 Å². The summed E-state index contributed by atoms with van der Waals surface area (Å²) in [6.07, 6.45) is -0.0710. The molecule has 0 aliphatic heterocycles. The van der Waals surface area contributed by atoms with Crippen LogP contribution < -0.4 is 4.72 Å². The third-order valence-electron chi connectivity index (χ3n) is 3.95. The molecule has 0 radical (unpaired) electrons. The first-order valence-corrected chi connectivity index (χ1v) is 10.6. The predicted octanol–water partition coefficient (Wildman–Crippen LogP) is 3.20. The zero-order valence-electron chi connectivity index (χ0n) is 15.6. The van der Waals surface area contributed by atoms with Crippen LogP contribution in [0.15, 0.2) is 40.9 Å². The lowest BCUT2D eigenvalue weighted by Crippen LogP contribution is -2.19. The average molecular weight is 470 g/mol. The standard InChI is InChI=1S/C19H20BrNO6S/c1-12-7-8-17(13(9-12)10-18(22)26-2)21-28(24,25)11-15-14(19(23)27-3)5-4-6-16(15)20/h4-9,21H,10-11H2,1-3H3. The van der Waals surface area contributed by atoms with Gasteiger partial charge in [0.25, 0.3) is 0 Å². The maximum absolute atomic E-state index is 12.8. The summed E-state index contributed by atoms with van der Waals surface area (Å²) in [6.45, 7) is 1.84. The number of aryl methyl sites for hydroxylation is 1. The molecule has 9 heteroatoms. The van der Waals surface area contributed by atoms with Crippen LogP contribution in [0.25, 0.3) is 0 Å². The van der Waals surface area contributed by atoms with Crippen LogP contribution in [-0.2, 0) is 36.5 Å². The van der Waals surface area contributed by atoms with Gasteiger partial charge in [-0.05, 0) is 36.2 Å². The van der Waals surface area contributed by atoms with Gasteiger partial charge in [0.15, 0.2) is 0 Å². The summed E-state index contributed by atoms with van der Waals surface area (Å²) in [6, 6.07) is 9.80. The molecule has 0 unspecified atom stereocenters. The third kappa shape index (κ3) is 5.56. The monoisotopic (exact) mass is 469 g/mol. The Hall–Kier alpha value is -2.39. The van der Waals surface area contributed by atoms with E-state index in [1.807, 2.05) is 6.92 Å². The first-order chi connectivity index (χ1) is 13.2. The molecule has 0 spiro atoms. The number of carbonyl (C=O) groups excluding carboxylic acids is 2. The van der Waals surface area contributed by atoms with Crippen LogP contribution >= 0.6 is 15.9 Å². The van der Waals surface area contributed by atoms with Gasteiger partial charge in [0.2, 0.25) is 10.0 Å². The number of sulfonamides is 1. The Morgan fingerprint density at radius 1 is 1.11 bits per heavy atom. The first kappa shape index (κ1) is 21.9. The van der Waals surface area contributed by atoms with Crippen molar-refractivity contribution in [1.29, 1.82) is 0 Å². The fraction of sp³-hybridized carbons (Fsp3) is 0.263. The van der Waals surface area contributed by atoms with Crippen molar-refractivity contribution < 1.29 is 27.5 Å². The first-order valence-electron chi connectivity index (χ1n) is 8.19. The smallest absolute Gasteiger partial charge is 0.338 e. The van der Waals surface area contributed by atoms with Gasteiger partial charge in [-0.3, -0.25) is 9.52 Å². The number of carbonyl (C=O) groups is 2. The Morgan fingerprint density at radius 2 is 1.82 bits per heavy atom. The zero-order chi connectivity index (χ0) is 20.9. The Bertz CT molecular complexity index is 1000. The number of rotatable bonds is 7. The highest BCUT2D eigenvalue weighted by Crippen LogP contribution is 2.26. The molecule has 0 bridgehead atoms. The molecule has 2 aromatic carbocycles. The van der Waals surface area contributed by atoms with Gasteiger partial charge in [-0.25, -0.2) is 13.2 Å². The Morgan fingerprint density at radius 3 is 2.46 bits per heavy atom. The summed E-state index contributed by atoms with van der Waals surface area (Å²) in [4.78, 5) is 23.6. The summed E-state index contributed by atoms with van der Waals surface area (Å²) in [5.74, 6) is -1.57. The quantitative estimate of drug-likeness (QED) is 0.625. The lowest BCUT2D eigenvalue weighted by atomic mass is 10.1. The normalized spacial score (nSPS) is 11.0. The van der Waals surface area contributed by atoms with E-state index in [0.717, 1.165) is 5.56 Å². The minimum Gasteiger partial charge on any atom is -0.469 e. The summed E-state index contributed by atoms with van der Waals surface area (Å²) in [7, 11) is -1.40. The van der Waals surface area contributed by atoms with Gasteiger partial charge in [0.05, 0.1) is 37.6 Å². The van der Waals surface area contributed by atoms with E-state index in [9.17, 15) is 18.0 Å². The lowest BCUT2D eigenvalue weighted by molar-refractivity contribution is -0.139. The number of halogens is 1. The number of anilines is 1. The molecule has 28 heavy (non-hydrogen) atoms. The summed E-state index contributed by atoms with van der Waals surface area (Å²) in [5, 5.41) is 0. The van der Waals surface area contributed by atoms with Crippen molar-refractivity contribution in [3.63, 3.8) is 0 Å². The average Bonchev–Trinajstić information content (AvgIpc) is 2.64. The molecule has 0 aromatic heterocycles. The number of benzene rings is 2. The SMILES string of the molecule is COC(=O)Cc1cc(C)ccc1NS(=O)(=O)Cc1c(Br)cccc1C(=O)OC. The van der Waals surface area contributed by atoms with Crippen LogP contribution in [0.2, 0.25) is 0 Å². The second-order valence-corrected chi connectivity index (χ2v) is 8.61. The molecule has 2 aromatic rings. The molecule has 0 atom stereocenters. The van der Waals surface area contributed by atoms with E-state index in [4.69, 9.17) is 4.74 Å². The van der Waals surface area contributed by atoms with Crippen LogP contribution in [0.1, 0.15) is 27.0 Å². The Labute approximate surface area is 172 Å². The number of esters is 2. The van der Waals surface area contributed by atoms with Gasteiger partial charge >= 0.3 is 11.9 Å². The fourth-order valence-corrected chi connectivity index (χ4v) is 4.59. The number of hydrogen-bond donors (Lipinski definition) is 1. The highest BCUT2D eigenvalue weighted by atomic mass is 79.9. The van der Waals surface area contributed by atoms with Crippen molar-refractivity contribution in [2.24, 2.45) is 0 Å². The van der Waals surface area contributed by atoms with Crippen LogP contribution in [0.5, 0.6) is 0 Å². The van der Waals surface area contributed by atoms with E-state index in [0.29, 0.717) is 10.0 Å². The molecular formula is C19H20BrNO6S. The van der Waals surface area contributed by atoms with Crippen LogP contribution in [0.4, 0.5) is 5.69 Å². The van der Waals surface area contributed by atoms with Crippen molar-refractivity contribution in [3.05, 3.63) is 63.1 Å². The molecule has 0 aliphatic rings. The van der Waals surface area contributed by atoms with Crippen molar-refractivity contribution in [2.45, 2.75) is 19.1 Å². The van der Waals surface area contributed by atoms with Gasteiger partial charge in [-0.2, -0.15) is 0 Å². The van der Waals surface area contributed by atoms with Crippen LogP contribution in [0, 0.1) is 6.92 Å². The topological polar surface area (TPSA) is 98.8 Å². The van der Waals surface area contributed by atoms with Crippen molar-refractivity contribution in [1.82, 2.24) is 0 Å². The molecule has 0 aliphatic carbocycles. The zero-order valence-corrected chi connectivity index (χ0v) is 18.0. The number of ether oxygens (including phenoxy) is 2. The van der Waals surface area contributed by atoms with E-state index in [-0.39, 0.29) is 23.2 Å². The van der Waals surface area contributed by atoms with E-state index >= 15 is 0 Å². The minimum absolute atomic E-state index is 0.0710. The molecule has 1 N–H and O–H groups in total. The number of nitrogens with one attached hydrogen (secondary N) is 1. The summed E-state index contributed by atoms with van der Waals surface area (Å²) < 4.78 is 37.9. The number of methoxy groups -OCH3 is 2. The Kier molecular flexibility index (Phi) is 7.20. The molecule has 7 nitrogen and oxygen atoms in total. The molecule has 0 heterocycles. The summed E-state index contributed by atoms with van der Waals surface area (Å²) >= 11 is 3.29. The third-order valence-corrected chi connectivity index (χ3v) is 5.89. The van der Waals surface area contributed by atoms with Crippen molar-refractivity contribution in [2.75, 3.05) is 18.9 Å². The summed E-state index contributed by atoms with van der Waals surface area (Å²) in [5.41, 5.74) is 2.09. The fourth-order valence-electron chi connectivity index (χ4n) is 2.60. The van der Waals surface area contributed by atoms with Crippen LogP contribution in [0.3, 0.4) is 0 Å². The molecule has 0 saturated carbocycles. The molecule has 0 fully saturated rings. The largest absolute Gasteiger partial charge is 0.469 e. The highest BCUT2D eigenvalue weighted by molar-refractivity contribution is 9.10. The van der Waals surface area contributed by atoms with Crippen molar-refractivity contribution >= 4 is 43.6 Å². The van der Waals surface area contributed by atoms with Gasteiger partial charge in [0, 0.05) is 4.47 Å². The lowest BCUT2D eigenvalue weighted by Gasteiger charge is -2.15. The van der Waals surface area contributed by atoms with E-state index in [1.165, 1.54) is 20.3 Å². The van der Waals surface area contributed by atoms with E-state index in [2.05, 4.69) is 25.4 Å². The van der Waals surface area contributed by atoms with Crippen molar-refractivity contribution in [3.8, 4) is 0 Å². The maximum Gasteiger partial charge on any atom is 0.338 e. The van der Waals surface area contributed by atoms with E-state index < -0.39 is 27.7 Å². The molecule has 0 saturated heterocycles. The molecule has 0 amide bonds. The van der Waals surface area contributed by atoms with Gasteiger partial charge in [-0.1, -0.05) is 39.7 Å². The second kappa shape index (κ2) is 9.20.